The summed E-state index contributed by atoms with van der Waals surface area (Å²) in [5.41, 5.74) is 2.68. The molecule has 0 bridgehead atoms. The molecule has 3 rings (SSSR count). The highest BCUT2D eigenvalue weighted by Gasteiger charge is 2.22. The topological polar surface area (TPSA) is 63.1 Å². The van der Waals surface area contributed by atoms with E-state index in [1.165, 1.54) is 6.33 Å². The number of carbonyl (C=O) groups excluding carboxylic acids is 1. The Hall–Kier alpha value is -2.21. The SMILES string of the molecule is Cc1cc(C(=O)N2CCN[C@@H](C)C2)ccc1-n1cncn1. The van der Waals surface area contributed by atoms with E-state index < -0.39 is 0 Å². The number of aryl methyl sites for hydroxylation is 1. The minimum absolute atomic E-state index is 0.0941. The Kier molecular flexibility index (Phi) is 3.70. The monoisotopic (exact) mass is 285 g/mol. The first-order valence-electron chi connectivity index (χ1n) is 7.13. The first kappa shape index (κ1) is 13.8. The van der Waals surface area contributed by atoms with Crippen molar-refractivity contribution in [2.24, 2.45) is 0 Å². The number of nitrogens with one attached hydrogen (secondary N) is 1. The molecule has 1 aliphatic rings. The minimum Gasteiger partial charge on any atom is -0.336 e. The molecule has 1 saturated heterocycles. The Morgan fingerprint density at radius 3 is 2.95 bits per heavy atom. The largest absolute Gasteiger partial charge is 0.336 e. The lowest BCUT2D eigenvalue weighted by Crippen LogP contribution is -2.51. The Bertz CT molecular complexity index is 638. The molecule has 6 nitrogen and oxygen atoms in total. The van der Waals surface area contributed by atoms with Crippen molar-refractivity contribution in [3.63, 3.8) is 0 Å². The van der Waals surface area contributed by atoms with Gasteiger partial charge >= 0.3 is 0 Å². The van der Waals surface area contributed by atoms with Crippen LogP contribution in [0.5, 0.6) is 0 Å². The predicted molar refractivity (Wildman–Crippen MR) is 79.5 cm³/mol. The summed E-state index contributed by atoms with van der Waals surface area (Å²) in [6.45, 7) is 6.44. The number of aromatic nitrogens is 3. The zero-order valence-electron chi connectivity index (χ0n) is 12.3. The van der Waals surface area contributed by atoms with Crippen molar-refractivity contribution in [1.82, 2.24) is 25.0 Å². The molecule has 1 aromatic heterocycles. The lowest BCUT2D eigenvalue weighted by Gasteiger charge is -2.32. The number of nitrogens with zero attached hydrogens (tertiary/aromatic N) is 4. The van der Waals surface area contributed by atoms with Crippen molar-refractivity contribution in [2.75, 3.05) is 19.6 Å². The van der Waals surface area contributed by atoms with Gasteiger partial charge < -0.3 is 10.2 Å². The highest BCUT2D eigenvalue weighted by molar-refractivity contribution is 5.94. The van der Waals surface area contributed by atoms with Gasteiger partial charge in [0.25, 0.3) is 5.91 Å². The van der Waals surface area contributed by atoms with Crippen molar-refractivity contribution in [2.45, 2.75) is 19.9 Å². The summed E-state index contributed by atoms with van der Waals surface area (Å²) < 4.78 is 1.70. The Morgan fingerprint density at radius 1 is 1.43 bits per heavy atom. The zero-order valence-corrected chi connectivity index (χ0v) is 12.3. The average Bonchev–Trinajstić information content (AvgIpc) is 3.00. The van der Waals surface area contributed by atoms with Crippen molar-refractivity contribution in [1.29, 1.82) is 0 Å². The molecule has 1 aromatic carbocycles. The van der Waals surface area contributed by atoms with Crippen molar-refractivity contribution in [3.8, 4) is 5.69 Å². The van der Waals surface area contributed by atoms with Gasteiger partial charge in [0.05, 0.1) is 5.69 Å². The maximum atomic E-state index is 12.6. The maximum absolute atomic E-state index is 12.6. The quantitative estimate of drug-likeness (QED) is 0.894. The molecule has 0 saturated carbocycles. The number of carbonyl (C=O) groups is 1. The third-order valence-corrected chi connectivity index (χ3v) is 3.77. The van der Waals surface area contributed by atoms with Crippen LogP contribution in [-0.2, 0) is 0 Å². The Balaban J connectivity index is 1.83. The van der Waals surface area contributed by atoms with Gasteiger partial charge in [-0.15, -0.1) is 0 Å². The van der Waals surface area contributed by atoms with Gasteiger partial charge in [-0.1, -0.05) is 0 Å². The molecule has 1 aliphatic heterocycles. The molecule has 2 aromatic rings. The van der Waals surface area contributed by atoms with Gasteiger partial charge in [0.2, 0.25) is 0 Å². The fourth-order valence-corrected chi connectivity index (χ4v) is 2.68. The van der Waals surface area contributed by atoms with E-state index in [1.807, 2.05) is 30.0 Å². The summed E-state index contributed by atoms with van der Waals surface area (Å²) in [6.07, 6.45) is 3.16. The highest BCUT2D eigenvalue weighted by Crippen LogP contribution is 2.16. The van der Waals surface area contributed by atoms with E-state index in [4.69, 9.17) is 0 Å². The van der Waals surface area contributed by atoms with Gasteiger partial charge in [-0.3, -0.25) is 4.79 Å². The van der Waals surface area contributed by atoms with E-state index >= 15 is 0 Å². The van der Waals surface area contributed by atoms with Crippen molar-refractivity contribution < 1.29 is 4.79 Å². The second kappa shape index (κ2) is 5.65. The number of benzene rings is 1. The van der Waals surface area contributed by atoms with E-state index in [0.717, 1.165) is 36.4 Å². The summed E-state index contributed by atoms with van der Waals surface area (Å²) in [6, 6.07) is 6.05. The van der Waals surface area contributed by atoms with Gasteiger partial charge in [0, 0.05) is 31.2 Å². The molecule has 0 spiro atoms. The van der Waals surface area contributed by atoms with Crippen LogP contribution in [0.25, 0.3) is 5.69 Å². The maximum Gasteiger partial charge on any atom is 0.253 e. The number of rotatable bonds is 2. The number of piperazine rings is 1. The minimum atomic E-state index is 0.0941. The lowest BCUT2D eigenvalue weighted by molar-refractivity contribution is 0.0709. The second-order valence-electron chi connectivity index (χ2n) is 5.45. The van der Waals surface area contributed by atoms with Gasteiger partial charge in [-0.05, 0) is 37.6 Å². The Morgan fingerprint density at radius 2 is 2.29 bits per heavy atom. The van der Waals surface area contributed by atoms with Gasteiger partial charge in [-0.25, -0.2) is 9.67 Å². The molecule has 1 N–H and O–H groups in total. The van der Waals surface area contributed by atoms with Crippen molar-refractivity contribution >= 4 is 5.91 Å². The van der Waals surface area contributed by atoms with Crippen LogP contribution in [0, 0.1) is 6.92 Å². The fraction of sp³-hybridized carbons (Fsp3) is 0.400. The smallest absolute Gasteiger partial charge is 0.253 e. The molecule has 110 valence electrons. The van der Waals surface area contributed by atoms with Crippen LogP contribution in [0.3, 0.4) is 0 Å². The lowest BCUT2D eigenvalue weighted by atomic mass is 10.1. The molecule has 6 heteroatoms. The number of hydrogen-bond donors (Lipinski definition) is 1. The van der Waals surface area contributed by atoms with Crippen LogP contribution in [-0.4, -0.2) is 51.2 Å². The molecule has 0 aliphatic carbocycles. The first-order valence-corrected chi connectivity index (χ1v) is 7.13. The predicted octanol–water partition coefficient (Wildman–Crippen LogP) is 1.01. The second-order valence-corrected chi connectivity index (χ2v) is 5.45. The van der Waals surface area contributed by atoms with Crippen LogP contribution in [0.15, 0.2) is 30.9 Å². The summed E-state index contributed by atoms with van der Waals surface area (Å²) >= 11 is 0. The Labute approximate surface area is 123 Å². The van der Waals surface area contributed by atoms with Crippen LogP contribution in [0.1, 0.15) is 22.8 Å². The molecular weight excluding hydrogens is 266 g/mol. The molecule has 21 heavy (non-hydrogen) atoms. The average molecular weight is 285 g/mol. The molecule has 2 heterocycles. The molecule has 1 atom stereocenters. The number of amides is 1. The van der Waals surface area contributed by atoms with Crippen LogP contribution in [0.2, 0.25) is 0 Å². The van der Waals surface area contributed by atoms with Crippen LogP contribution in [0.4, 0.5) is 0 Å². The molecule has 0 unspecified atom stereocenters. The summed E-state index contributed by atoms with van der Waals surface area (Å²) in [4.78, 5) is 18.4. The van der Waals surface area contributed by atoms with Crippen LogP contribution < -0.4 is 5.32 Å². The summed E-state index contributed by atoms with van der Waals surface area (Å²) in [5, 5.41) is 7.47. The zero-order chi connectivity index (χ0) is 14.8. The molecule has 1 amide bonds. The third-order valence-electron chi connectivity index (χ3n) is 3.77. The van der Waals surface area contributed by atoms with Gasteiger partial charge in [0.1, 0.15) is 12.7 Å². The van der Waals surface area contributed by atoms with Gasteiger partial charge in [0.15, 0.2) is 0 Å². The van der Waals surface area contributed by atoms with E-state index in [-0.39, 0.29) is 5.91 Å². The molecule has 0 radical (unpaired) electrons. The fourth-order valence-electron chi connectivity index (χ4n) is 2.68. The highest BCUT2D eigenvalue weighted by atomic mass is 16.2. The summed E-state index contributed by atoms with van der Waals surface area (Å²) in [5.74, 6) is 0.0941. The summed E-state index contributed by atoms with van der Waals surface area (Å²) in [7, 11) is 0. The van der Waals surface area contributed by atoms with Crippen molar-refractivity contribution in [3.05, 3.63) is 42.0 Å². The number of hydrogen-bond acceptors (Lipinski definition) is 4. The van der Waals surface area contributed by atoms with E-state index in [9.17, 15) is 4.79 Å². The standard InChI is InChI=1S/C15H19N5O/c1-11-7-13(3-4-14(11)20-10-16-9-18-20)15(21)19-6-5-17-12(2)8-19/h3-4,7,9-10,12,17H,5-6,8H2,1-2H3/t12-/m0/s1. The van der Waals surface area contributed by atoms with E-state index in [2.05, 4.69) is 22.3 Å². The molecule has 1 fully saturated rings. The van der Waals surface area contributed by atoms with E-state index in [1.54, 1.807) is 11.0 Å². The van der Waals surface area contributed by atoms with Gasteiger partial charge in [-0.2, -0.15) is 5.10 Å². The van der Waals surface area contributed by atoms with Crippen LogP contribution >= 0.6 is 0 Å². The molecular formula is C15H19N5O. The third kappa shape index (κ3) is 2.80. The van der Waals surface area contributed by atoms with E-state index in [0.29, 0.717) is 6.04 Å². The first-order chi connectivity index (χ1) is 10.1. The normalized spacial score (nSPS) is 18.8.